The van der Waals surface area contributed by atoms with Crippen molar-refractivity contribution in [2.24, 2.45) is 0 Å². The van der Waals surface area contributed by atoms with E-state index < -0.39 is 0 Å². The van der Waals surface area contributed by atoms with Gasteiger partial charge in [0.05, 0.1) is 17.1 Å². The molecule has 0 bridgehead atoms. The first-order chi connectivity index (χ1) is 9.02. The lowest BCUT2D eigenvalue weighted by molar-refractivity contribution is 0.0963. The van der Waals surface area contributed by atoms with E-state index in [-0.39, 0.29) is 5.91 Å². The fourth-order valence-electron chi connectivity index (χ4n) is 1.83. The number of nitrogen functional groups attached to an aromatic ring is 1. The molecule has 0 saturated carbocycles. The third-order valence-electron chi connectivity index (χ3n) is 2.96. The molecule has 100 valence electrons. The molecule has 5 heteroatoms. The van der Waals surface area contributed by atoms with Crippen LogP contribution in [0.4, 0.5) is 5.69 Å². The average molecular weight is 258 g/mol. The van der Waals surface area contributed by atoms with Crippen LogP contribution in [0.3, 0.4) is 0 Å². The topological polar surface area (TPSA) is 72.9 Å². The molecule has 2 rings (SSSR count). The van der Waals surface area contributed by atoms with Gasteiger partial charge in [-0.25, -0.2) is 4.68 Å². The van der Waals surface area contributed by atoms with E-state index in [0.29, 0.717) is 17.2 Å². The Balaban J connectivity index is 2.37. The largest absolute Gasteiger partial charge is 0.397 e. The quantitative estimate of drug-likeness (QED) is 0.826. The van der Waals surface area contributed by atoms with Crippen molar-refractivity contribution in [1.29, 1.82) is 0 Å². The lowest BCUT2D eigenvalue weighted by Crippen LogP contribution is -2.18. The van der Waals surface area contributed by atoms with Gasteiger partial charge in [0.2, 0.25) is 0 Å². The minimum absolute atomic E-state index is 0.151. The Kier molecular flexibility index (Phi) is 3.55. The molecule has 1 amide bonds. The van der Waals surface area contributed by atoms with Gasteiger partial charge in [-0.1, -0.05) is 13.8 Å². The Labute approximate surface area is 112 Å². The summed E-state index contributed by atoms with van der Waals surface area (Å²) < 4.78 is 1.73. The van der Waals surface area contributed by atoms with Crippen LogP contribution in [0.25, 0.3) is 5.69 Å². The highest BCUT2D eigenvalue weighted by Gasteiger charge is 2.10. The van der Waals surface area contributed by atoms with Crippen LogP contribution in [0.15, 0.2) is 30.5 Å². The molecule has 1 aromatic carbocycles. The van der Waals surface area contributed by atoms with Crippen LogP contribution in [0.5, 0.6) is 0 Å². The fraction of sp³-hybridized carbons (Fsp3) is 0.286. The molecule has 1 aromatic heterocycles. The van der Waals surface area contributed by atoms with Crippen LogP contribution in [0, 0.1) is 0 Å². The number of aromatic nitrogens is 2. The van der Waals surface area contributed by atoms with E-state index in [4.69, 9.17) is 5.73 Å². The van der Waals surface area contributed by atoms with Crippen LogP contribution in [0.2, 0.25) is 0 Å². The third-order valence-corrected chi connectivity index (χ3v) is 2.96. The zero-order valence-electron chi connectivity index (χ0n) is 11.3. The summed E-state index contributed by atoms with van der Waals surface area (Å²) in [4.78, 5) is 11.5. The van der Waals surface area contributed by atoms with Gasteiger partial charge in [-0.2, -0.15) is 5.10 Å². The van der Waals surface area contributed by atoms with Crippen molar-refractivity contribution >= 4 is 11.6 Å². The Bertz CT molecular complexity index is 601. The number of hydrogen-bond acceptors (Lipinski definition) is 3. The molecule has 3 N–H and O–H groups in total. The number of nitrogens with one attached hydrogen (secondary N) is 1. The monoisotopic (exact) mass is 258 g/mol. The van der Waals surface area contributed by atoms with Gasteiger partial charge < -0.3 is 11.1 Å². The van der Waals surface area contributed by atoms with Crippen molar-refractivity contribution in [1.82, 2.24) is 15.1 Å². The number of benzene rings is 1. The summed E-state index contributed by atoms with van der Waals surface area (Å²) in [5.41, 5.74) is 8.85. The highest BCUT2D eigenvalue weighted by molar-refractivity contribution is 5.95. The zero-order valence-corrected chi connectivity index (χ0v) is 11.3. The van der Waals surface area contributed by atoms with Gasteiger partial charge in [0.1, 0.15) is 0 Å². The van der Waals surface area contributed by atoms with Crippen LogP contribution >= 0.6 is 0 Å². The van der Waals surface area contributed by atoms with Crippen molar-refractivity contribution in [2.45, 2.75) is 19.8 Å². The SMILES string of the molecule is CNC(=O)c1ccc(-n2ccc(C(C)C)n2)c(N)c1. The van der Waals surface area contributed by atoms with Gasteiger partial charge in [0, 0.05) is 18.8 Å². The Hall–Kier alpha value is -2.30. The Morgan fingerprint density at radius 3 is 2.63 bits per heavy atom. The number of carbonyl (C=O) groups is 1. The first-order valence-corrected chi connectivity index (χ1v) is 6.20. The Morgan fingerprint density at radius 2 is 2.11 bits per heavy atom. The Morgan fingerprint density at radius 1 is 1.37 bits per heavy atom. The average Bonchev–Trinajstić information content (AvgIpc) is 2.87. The molecule has 0 aliphatic heterocycles. The lowest BCUT2D eigenvalue weighted by Gasteiger charge is -2.08. The second-order valence-corrected chi connectivity index (χ2v) is 4.69. The highest BCUT2D eigenvalue weighted by Crippen LogP contribution is 2.20. The van der Waals surface area contributed by atoms with Gasteiger partial charge in [-0.05, 0) is 30.2 Å². The number of anilines is 1. The smallest absolute Gasteiger partial charge is 0.251 e. The van der Waals surface area contributed by atoms with E-state index >= 15 is 0 Å². The van der Waals surface area contributed by atoms with Crippen molar-refractivity contribution in [3.05, 3.63) is 41.7 Å². The molecule has 0 saturated heterocycles. The van der Waals surface area contributed by atoms with Crippen molar-refractivity contribution in [2.75, 3.05) is 12.8 Å². The van der Waals surface area contributed by atoms with Gasteiger partial charge in [-0.15, -0.1) is 0 Å². The van der Waals surface area contributed by atoms with E-state index in [0.717, 1.165) is 11.4 Å². The number of rotatable bonds is 3. The molecule has 2 aromatic rings. The molecule has 0 unspecified atom stereocenters. The summed E-state index contributed by atoms with van der Waals surface area (Å²) in [6, 6.07) is 7.17. The predicted molar refractivity (Wildman–Crippen MR) is 75.5 cm³/mol. The van der Waals surface area contributed by atoms with E-state index in [1.807, 2.05) is 12.3 Å². The molecule has 0 radical (unpaired) electrons. The van der Waals surface area contributed by atoms with E-state index in [2.05, 4.69) is 24.3 Å². The molecule has 0 aliphatic carbocycles. The first kappa shape index (κ1) is 13.1. The highest BCUT2D eigenvalue weighted by atomic mass is 16.1. The molecule has 1 heterocycles. The predicted octanol–water partition coefficient (Wildman–Crippen LogP) is 1.94. The maximum atomic E-state index is 11.5. The van der Waals surface area contributed by atoms with Crippen molar-refractivity contribution in [3.8, 4) is 5.69 Å². The summed E-state index contributed by atoms with van der Waals surface area (Å²) >= 11 is 0. The number of nitrogens with two attached hydrogens (primary N) is 1. The fourth-order valence-corrected chi connectivity index (χ4v) is 1.83. The summed E-state index contributed by atoms with van der Waals surface area (Å²) in [6.45, 7) is 4.18. The third kappa shape index (κ3) is 2.59. The van der Waals surface area contributed by atoms with E-state index in [1.165, 1.54) is 0 Å². The zero-order chi connectivity index (χ0) is 14.0. The van der Waals surface area contributed by atoms with Crippen LogP contribution in [-0.4, -0.2) is 22.7 Å². The molecule has 0 fully saturated rings. The lowest BCUT2D eigenvalue weighted by atomic mass is 10.1. The van der Waals surface area contributed by atoms with Crippen LogP contribution < -0.4 is 11.1 Å². The maximum Gasteiger partial charge on any atom is 0.251 e. The van der Waals surface area contributed by atoms with Crippen LogP contribution in [0.1, 0.15) is 35.8 Å². The standard InChI is InChI=1S/C14H18N4O/c1-9(2)12-6-7-18(17-12)13-5-4-10(8-11(13)15)14(19)16-3/h4-9H,15H2,1-3H3,(H,16,19). The second-order valence-electron chi connectivity index (χ2n) is 4.69. The van der Waals surface area contributed by atoms with Gasteiger partial charge >= 0.3 is 0 Å². The maximum absolute atomic E-state index is 11.5. The second kappa shape index (κ2) is 5.14. The number of hydrogen-bond donors (Lipinski definition) is 2. The molecule has 0 atom stereocenters. The minimum Gasteiger partial charge on any atom is -0.397 e. The summed E-state index contributed by atoms with van der Waals surface area (Å²) in [5, 5.41) is 7.04. The van der Waals surface area contributed by atoms with Gasteiger partial charge in [-0.3, -0.25) is 4.79 Å². The normalized spacial score (nSPS) is 10.7. The molecule has 5 nitrogen and oxygen atoms in total. The molecule has 0 spiro atoms. The molecule has 0 aliphatic rings. The summed E-state index contributed by atoms with van der Waals surface area (Å²) in [7, 11) is 1.59. The van der Waals surface area contributed by atoms with E-state index in [1.54, 1.807) is 29.9 Å². The summed E-state index contributed by atoms with van der Waals surface area (Å²) in [6.07, 6.45) is 1.88. The van der Waals surface area contributed by atoms with Gasteiger partial charge in [0.15, 0.2) is 0 Å². The summed E-state index contributed by atoms with van der Waals surface area (Å²) in [5.74, 6) is 0.217. The van der Waals surface area contributed by atoms with Crippen molar-refractivity contribution in [3.63, 3.8) is 0 Å². The first-order valence-electron chi connectivity index (χ1n) is 6.20. The van der Waals surface area contributed by atoms with Crippen LogP contribution in [-0.2, 0) is 0 Å². The molecular weight excluding hydrogens is 240 g/mol. The number of carbonyl (C=O) groups excluding carboxylic acids is 1. The van der Waals surface area contributed by atoms with Crippen molar-refractivity contribution < 1.29 is 4.79 Å². The van der Waals surface area contributed by atoms with Gasteiger partial charge in [0.25, 0.3) is 5.91 Å². The molecular formula is C14H18N4O. The van der Waals surface area contributed by atoms with E-state index in [9.17, 15) is 4.79 Å². The minimum atomic E-state index is -0.151. The number of amides is 1. The molecule has 19 heavy (non-hydrogen) atoms. The number of nitrogens with zero attached hydrogens (tertiary/aromatic N) is 2.